The predicted octanol–water partition coefficient (Wildman–Crippen LogP) is 3.43. The van der Waals surface area contributed by atoms with Crippen molar-refractivity contribution in [2.75, 3.05) is 0 Å². The molecule has 0 saturated heterocycles. The highest BCUT2D eigenvalue weighted by atomic mass is 19.1. The highest BCUT2D eigenvalue weighted by Gasteiger charge is 2.14. The van der Waals surface area contributed by atoms with Crippen LogP contribution in [0.4, 0.5) is 4.39 Å². The van der Waals surface area contributed by atoms with E-state index in [2.05, 4.69) is 0 Å². The van der Waals surface area contributed by atoms with Crippen LogP contribution in [-0.2, 0) is 6.54 Å². The van der Waals surface area contributed by atoms with E-state index in [1.807, 2.05) is 16.8 Å². The number of aryl methyl sites for hydroxylation is 1. The molecule has 2 heterocycles. The maximum atomic E-state index is 13.1. The Labute approximate surface area is 114 Å². The molecule has 5 heteroatoms. The number of hydrogen-bond donors (Lipinski definition) is 1. The Balaban J connectivity index is 1.99. The second-order valence-corrected chi connectivity index (χ2v) is 4.64. The molecule has 0 unspecified atom stereocenters. The van der Waals surface area contributed by atoms with Gasteiger partial charge >= 0.3 is 5.97 Å². The van der Waals surface area contributed by atoms with Crippen molar-refractivity contribution in [2.24, 2.45) is 0 Å². The Morgan fingerprint density at radius 3 is 2.85 bits per heavy atom. The van der Waals surface area contributed by atoms with Gasteiger partial charge in [0.15, 0.2) is 0 Å². The van der Waals surface area contributed by atoms with Crippen molar-refractivity contribution in [2.45, 2.75) is 13.5 Å². The molecule has 0 fully saturated rings. The van der Waals surface area contributed by atoms with Gasteiger partial charge in [0.05, 0.1) is 6.54 Å². The highest BCUT2D eigenvalue weighted by molar-refractivity contribution is 5.84. The van der Waals surface area contributed by atoms with Gasteiger partial charge in [-0.1, -0.05) is 0 Å². The molecule has 0 radical (unpaired) electrons. The van der Waals surface area contributed by atoms with Gasteiger partial charge in [-0.05, 0) is 37.3 Å². The topological polar surface area (TPSA) is 55.4 Å². The zero-order valence-corrected chi connectivity index (χ0v) is 10.8. The normalized spacial score (nSPS) is 11.1. The molecule has 102 valence electrons. The van der Waals surface area contributed by atoms with E-state index >= 15 is 0 Å². The van der Waals surface area contributed by atoms with Crippen molar-refractivity contribution in [1.29, 1.82) is 0 Å². The summed E-state index contributed by atoms with van der Waals surface area (Å²) in [7, 11) is 0. The Morgan fingerprint density at radius 2 is 2.15 bits per heavy atom. The van der Waals surface area contributed by atoms with Crippen molar-refractivity contribution in [3.05, 3.63) is 59.4 Å². The average Bonchev–Trinajstić information content (AvgIpc) is 2.95. The summed E-state index contributed by atoms with van der Waals surface area (Å²) >= 11 is 0. The summed E-state index contributed by atoms with van der Waals surface area (Å²) in [6.45, 7) is 2.21. The van der Waals surface area contributed by atoms with Crippen LogP contribution in [0.1, 0.15) is 21.9 Å². The molecule has 0 aliphatic rings. The van der Waals surface area contributed by atoms with Crippen LogP contribution in [0.3, 0.4) is 0 Å². The Kier molecular flexibility index (Phi) is 2.82. The fraction of sp³-hybridized carbons (Fsp3) is 0.133. The fourth-order valence-corrected chi connectivity index (χ4v) is 2.27. The average molecular weight is 273 g/mol. The number of carboxylic acids is 1. The molecule has 1 N–H and O–H groups in total. The largest absolute Gasteiger partial charge is 0.475 e. The lowest BCUT2D eigenvalue weighted by Crippen LogP contribution is -1.98. The molecule has 0 aliphatic carbocycles. The van der Waals surface area contributed by atoms with Crippen molar-refractivity contribution >= 4 is 16.9 Å². The fourth-order valence-electron chi connectivity index (χ4n) is 2.27. The van der Waals surface area contributed by atoms with Gasteiger partial charge in [0.1, 0.15) is 11.6 Å². The summed E-state index contributed by atoms with van der Waals surface area (Å²) in [6, 6.07) is 7.93. The molecule has 0 amide bonds. The molecule has 1 aromatic carbocycles. The number of halogens is 1. The molecule has 4 nitrogen and oxygen atoms in total. The second-order valence-electron chi connectivity index (χ2n) is 4.64. The summed E-state index contributed by atoms with van der Waals surface area (Å²) in [6.07, 6.45) is 1.84. The summed E-state index contributed by atoms with van der Waals surface area (Å²) in [5, 5.41) is 9.72. The van der Waals surface area contributed by atoms with Gasteiger partial charge in [0.25, 0.3) is 0 Å². The zero-order valence-electron chi connectivity index (χ0n) is 10.8. The first-order valence-corrected chi connectivity index (χ1v) is 6.11. The monoisotopic (exact) mass is 273 g/mol. The van der Waals surface area contributed by atoms with E-state index in [-0.39, 0.29) is 11.6 Å². The summed E-state index contributed by atoms with van der Waals surface area (Å²) in [5.41, 5.74) is 1.69. The molecule has 0 bridgehead atoms. The molecule has 3 aromatic rings. The van der Waals surface area contributed by atoms with Crippen LogP contribution in [0.15, 0.2) is 40.9 Å². The third-order valence-corrected chi connectivity index (χ3v) is 3.31. The molecule has 0 atom stereocenters. The van der Waals surface area contributed by atoms with Crippen molar-refractivity contribution < 1.29 is 18.7 Å². The Hall–Kier alpha value is -2.56. The van der Waals surface area contributed by atoms with E-state index < -0.39 is 5.97 Å². The summed E-state index contributed by atoms with van der Waals surface area (Å²) < 4.78 is 20.3. The van der Waals surface area contributed by atoms with Crippen molar-refractivity contribution in [3.8, 4) is 0 Å². The van der Waals surface area contributed by atoms with Gasteiger partial charge in [0.2, 0.25) is 5.76 Å². The van der Waals surface area contributed by atoms with Gasteiger partial charge in [-0.15, -0.1) is 0 Å². The SMILES string of the molecule is Cc1oc(C(=O)O)cc1Cn1ccc2cc(F)ccc21. The molecule has 0 spiro atoms. The molecule has 20 heavy (non-hydrogen) atoms. The molecule has 2 aromatic heterocycles. The minimum Gasteiger partial charge on any atom is -0.475 e. The number of carbonyl (C=O) groups is 1. The highest BCUT2D eigenvalue weighted by Crippen LogP contribution is 2.21. The standard InChI is InChI=1S/C15H12FNO3/c1-9-11(7-14(20-9)15(18)19)8-17-5-4-10-6-12(16)2-3-13(10)17/h2-7H,8H2,1H3,(H,18,19). The van der Waals surface area contributed by atoms with Crippen LogP contribution < -0.4 is 0 Å². The van der Waals surface area contributed by atoms with Gasteiger partial charge in [-0.2, -0.15) is 0 Å². The van der Waals surface area contributed by atoms with Crippen LogP contribution in [0.5, 0.6) is 0 Å². The van der Waals surface area contributed by atoms with E-state index in [1.165, 1.54) is 18.2 Å². The third-order valence-electron chi connectivity index (χ3n) is 3.31. The molecular weight excluding hydrogens is 261 g/mol. The maximum Gasteiger partial charge on any atom is 0.371 e. The molecule has 3 rings (SSSR count). The van der Waals surface area contributed by atoms with E-state index in [9.17, 15) is 9.18 Å². The summed E-state index contributed by atoms with van der Waals surface area (Å²) in [4.78, 5) is 10.9. The van der Waals surface area contributed by atoms with Crippen LogP contribution in [-0.4, -0.2) is 15.6 Å². The van der Waals surface area contributed by atoms with Gasteiger partial charge in [-0.3, -0.25) is 0 Å². The number of furan rings is 1. The number of carboxylic acid groups (broad SMARTS) is 1. The second kappa shape index (κ2) is 4.52. The van der Waals surface area contributed by atoms with Crippen LogP contribution >= 0.6 is 0 Å². The van der Waals surface area contributed by atoms with Gasteiger partial charge in [0, 0.05) is 22.7 Å². The lowest BCUT2D eigenvalue weighted by molar-refractivity contribution is 0.0661. The van der Waals surface area contributed by atoms with Crippen LogP contribution in [0.25, 0.3) is 10.9 Å². The predicted molar refractivity (Wildman–Crippen MR) is 71.4 cm³/mol. The number of nitrogens with zero attached hydrogens (tertiary/aromatic N) is 1. The number of hydrogen-bond acceptors (Lipinski definition) is 2. The Morgan fingerprint density at radius 1 is 1.35 bits per heavy atom. The number of rotatable bonds is 3. The maximum absolute atomic E-state index is 13.1. The van der Waals surface area contributed by atoms with E-state index in [0.717, 1.165) is 16.5 Å². The summed E-state index contributed by atoms with van der Waals surface area (Å²) in [5.74, 6) is -0.854. The first kappa shape index (κ1) is 12.5. The third kappa shape index (κ3) is 2.07. The minimum atomic E-state index is -1.08. The van der Waals surface area contributed by atoms with E-state index in [1.54, 1.807) is 13.0 Å². The number of fused-ring (bicyclic) bond motifs is 1. The van der Waals surface area contributed by atoms with E-state index in [0.29, 0.717) is 12.3 Å². The zero-order chi connectivity index (χ0) is 14.3. The van der Waals surface area contributed by atoms with Crippen LogP contribution in [0, 0.1) is 12.7 Å². The quantitative estimate of drug-likeness (QED) is 0.795. The van der Waals surface area contributed by atoms with Gasteiger partial charge < -0.3 is 14.1 Å². The van der Waals surface area contributed by atoms with Crippen molar-refractivity contribution in [3.63, 3.8) is 0 Å². The lowest BCUT2D eigenvalue weighted by atomic mass is 10.2. The van der Waals surface area contributed by atoms with Crippen LogP contribution in [0.2, 0.25) is 0 Å². The lowest BCUT2D eigenvalue weighted by Gasteiger charge is -2.04. The molecule has 0 saturated carbocycles. The van der Waals surface area contributed by atoms with Crippen molar-refractivity contribution in [1.82, 2.24) is 4.57 Å². The number of aromatic carboxylic acids is 1. The first-order valence-electron chi connectivity index (χ1n) is 6.11. The van der Waals surface area contributed by atoms with Gasteiger partial charge in [-0.25, -0.2) is 9.18 Å². The van der Waals surface area contributed by atoms with E-state index in [4.69, 9.17) is 9.52 Å². The Bertz CT molecular complexity index is 801. The number of benzene rings is 1. The smallest absolute Gasteiger partial charge is 0.371 e. The minimum absolute atomic E-state index is 0.0694. The molecular formula is C15H12FNO3. The first-order chi connectivity index (χ1) is 9.54. The molecule has 0 aliphatic heterocycles. The number of aromatic nitrogens is 1.